The number of hydrogen-bond acceptors (Lipinski definition) is 4. The van der Waals surface area contributed by atoms with Gasteiger partial charge in [-0.3, -0.25) is 9.69 Å². The summed E-state index contributed by atoms with van der Waals surface area (Å²) in [5.41, 5.74) is 1.84. The summed E-state index contributed by atoms with van der Waals surface area (Å²) in [4.78, 5) is 14.4. The van der Waals surface area contributed by atoms with Gasteiger partial charge in [0.1, 0.15) is 0 Å². The van der Waals surface area contributed by atoms with E-state index in [9.17, 15) is 4.79 Å². The van der Waals surface area contributed by atoms with Crippen LogP contribution in [-0.4, -0.2) is 44.5 Å². The average molecular weight is 289 g/mol. The Morgan fingerprint density at radius 2 is 2.00 bits per heavy atom. The van der Waals surface area contributed by atoms with Crippen molar-refractivity contribution in [2.75, 3.05) is 33.9 Å². The molecule has 1 saturated heterocycles. The molecular formula is C17H23NO3. The van der Waals surface area contributed by atoms with Gasteiger partial charge < -0.3 is 9.47 Å². The van der Waals surface area contributed by atoms with E-state index in [0.717, 1.165) is 37.2 Å². The predicted octanol–water partition coefficient (Wildman–Crippen LogP) is 2.77. The number of hydrogen-bond donors (Lipinski definition) is 0. The number of ketones is 1. The summed E-state index contributed by atoms with van der Waals surface area (Å²) in [5.74, 6) is 1.62. The van der Waals surface area contributed by atoms with Gasteiger partial charge in [-0.1, -0.05) is 13.0 Å². The van der Waals surface area contributed by atoms with E-state index in [1.54, 1.807) is 14.2 Å². The van der Waals surface area contributed by atoms with Crippen LogP contribution in [0.1, 0.15) is 25.3 Å². The molecule has 21 heavy (non-hydrogen) atoms. The molecule has 4 heteroatoms. The number of piperidine rings is 1. The quantitative estimate of drug-likeness (QED) is 0.781. The predicted molar refractivity (Wildman–Crippen MR) is 83.9 cm³/mol. The number of carbonyl (C=O) groups excluding carboxylic acids is 1. The zero-order valence-corrected chi connectivity index (χ0v) is 13.0. The number of likely N-dealkylation sites (tertiary alicyclic amines) is 1. The fraction of sp³-hybridized carbons (Fsp3) is 0.471. The third-order valence-corrected chi connectivity index (χ3v) is 3.70. The Balaban J connectivity index is 2.22. The first-order valence-corrected chi connectivity index (χ1v) is 7.36. The lowest BCUT2D eigenvalue weighted by Gasteiger charge is -2.27. The van der Waals surface area contributed by atoms with Crippen LogP contribution in [-0.2, 0) is 4.79 Å². The number of nitrogens with zero attached hydrogens (tertiary/aromatic N) is 1. The first-order chi connectivity index (χ1) is 10.2. The maximum atomic E-state index is 12.1. The van der Waals surface area contributed by atoms with Gasteiger partial charge in [0, 0.05) is 25.1 Å². The first-order valence-electron chi connectivity index (χ1n) is 7.36. The first kappa shape index (κ1) is 15.6. The van der Waals surface area contributed by atoms with Crippen molar-refractivity contribution in [1.29, 1.82) is 0 Å². The molecule has 114 valence electrons. The summed E-state index contributed by atoms with van der Waals surface area (Å²) in [7, 11) is 3.23. The van der Waals surface area contributed by atoms with Gasteiger partial charge in [-0.15, -0.1) is 0 Å². The molecule has 0 bridgehead atoms. The monoisotopic (exact) mass is 289 g/mol. The summed E-state index contributed by atoms with van der Waals surface area (Å²) < 4.78 is 10.5. The molecule has 1 heterocycles. The van der Waals surface area contributed by atoms with Crippen molar-refractivity contribution >= 4 is 11.9 Å². The normalized spacial score (nSPS) is 18.0. The summed E-state index contributed by atoms with van der Waals surface area (Å²) >= 11 is 0. The van der Waals surface area contributed by atoms with Crippen LogP contribution in [0.3, 0.4) is 0 Å². The zero-order chi connectivity index (χ0) is 15.2. The molecule has 0 amide bonds. The molecule has 0 aromatic heterocycles. The minimum atomic E-state index is 0.247. The van der Waals surface area contributed by atoms with E-state index in [1.165, 1.54) is 0 Å². The van der Waals surface area contributed by atoms with E-state index in [2.05, 4.69) is 11.8 Å². The van der Waals surface area contributed by atoms with E-state index in [1.807, 2.05) is 24.3 Å². The van der Waals surface area contributed by atoms with Gasteiger partial charge in [-0.2, -0.15) is 0 Å². The molecule has 0 N–H and O–H groups in total. The fourth-order valence-electron chi connectivity index (χ4n) is 2.61. The van der Waals surface area contributed by atoms with Crippen LogP contribution in [0.4, 0.5) is 0 Å². The maximum Gasteiger partial charge on any atom is 0.161 e. The Kier molecular flexibility index (Phi) is 5.39. The lowest BCUT2D eigenvalue weighted by Crippen LogP contribution is -2.36. The molecule has 0 aliphatic carbocycles. The van der Waals surface area contributed by atoms with Crippen molar-refractivity contribution in [3.63, 3.8) is 0 Å². The molecule has 1 fully saturated rings. The number of methoxy groups -OCH3 is 2. The van der Waals surface area contributed by atoms with Crippen LogP contribution in [0.5, 0.6) is 11.5 Å². The Labute approximate surface area is 126 Å². The largest absolute Gasteiger partial charge is 0.493 e. The molecule has 0 saturated carbocycles. The number of rotatable bonds is 5. The molecule has 0 radical (unpaired) electrons. The van der Waals surface area contributed by atoms with Crippen molar-refractivity contribution in [3.8, 4) is 11.5 Å². The SMILES string of the molecule is CCCN1CCC(=O)/C(=C/c2ccc(OC)c(OC)c2)C1. The number of carbonyl (C=O) groups is 1. The van der Waals surface area contributed by atoms with Gasteiger partial charge >= 0.3 is 0 Å². The molecule has 1 aliphatic heterocycles. The second kappa shape index (κ2) is 7.27. The molecule has 2 rings (SSSR count). The van der Waals surface area contributed by atoms with E-state index in [-0.39, 0.29) is 5.78 Å². The van der Waals surface area contributed by atoms with Gasteiger partial charge in [0.2, 0.25) is 0 Å². The van der Waals surface area contributed by atoms with Crippen molar-refractivity contribution in [2.45, 2.75) is 19.8 Å². The Bertz CT molecular complexity index is 537. The highest BCUT2D eigenvalue weighted by Crippen LogP contribution is 2.29. The number of ether oxygens (including phenoxy) is 2. The lowest BCUT2D eigenvalue weighted by molar-refractivity contribution is -0.117. The van der Waals surface area contributed by atoms with Crippen molar-refractivity contribution in [1.82, 2.24) is 4.90 Å². The molecular weight excluding hydrogens is 266 g/mol. The third kappa shape index (κ3) is 3.85. The lowest BCUT2D eigenvalue weighted by atomic mass is 10.00. The topological polar surface area (TPSA) is 38.8 Å². The van der Waals surface area contributed by atoms with Crippen molar-refractivity contribution in [3.05, 3.63) is 29.3 Å². The minimum Gasteiger partial charge on any atom is -0.493 e. The van der Waals surface area contributed by atoms with Crippen LogP contribution in [0.2, 0.25) is 0 Å². The Hall–Kier alpha value is -1.81. The molecule has 4 nitrogen and oxygen atoms in total. The Morgan fingerprint density at radius 3 is 2.67 bits per heavy atom. The van der Waals surface area contributed by atoms with Crippen molar-refractivity contribution < 1.29 is 14.3 Å². The summed E-state index contributed by atoms with van der Waals surface area (Å²) in [6.07, 6.45) is 3.68. The second-order valence-corrected chi connectivity index (χ2v) is 5.23. The van der Waals surface area contributed by atoms with Gasteiger partial charge in [-0.05, 0) is 36.7 Å². The average Bonchev–Trinajstić information content (AvgIpc) is 2.50. The molecule has 1 aromatic rings. The van der Waals surface area contributed by atoms with Crippen LogP contribution >= 0.6 is 0 Å². The van der Waals surface area contributed by atoms with E-state index >= 15 is 0 Å². The van der Waals surface area contributed by atoms with Crippen LogP contribution in [0.15, 0.2) is 23.8 Å². The van der Waals surface area contributed by atoms with Gasteiger partial charge in [-0.25, -0.2) is 0 Å². The second-order valence-electron chi connectivity index (χ2n) is 5.23. The minimum absolute atomic E-state index is 0.247. The number of Topliss-reactive ketones (excluding diaryl/α,β-unsaturated/α-hetero) is 1. The maximum absolute atomic E-state index is 12.1. The fourth-order valence-corrected chi connectivity index (χ4v) is 2.61. The highest BCUT2D eigenvalue weighted by atomic mass is 16.5. The van der Waals surface area contributed by atoms with E-state index in [0.29, 0.717) is 17.9 Å². The molecule has 0 unspecified atom stereocenters. The Morgan fingerprint density at radius 1 is 1.24 bits per heavy atom. The molecule has 0 atom stereocenters. The highest BCUT2D eigenvalue weighted by molar-refractivity contribution is 6.00. The molecule has 1 aliphatic rings. The summed E-state index contributed by atoms with van der Waals surface area (Å²) in [5, 5.41) is 0. The van der Waals surface area contributed by atoms with Crippen LogP contribution in [0.25, 0.3) is 6.08 Å². The smallest absolute Gasteiger partial charge is 0.161 e. The molecule has 1 aromatic carbocycles. The summed E-state index contributed by atoms with van der Waals surface area (Å²) in [6.45, 7) is 4.81. The van der Waals surface area contributed by atoms with Crippen LogP contribution < -0.4 is 9.47 Å². The van der Waals surface area contributed by atoms with E-state index < -0.39 is 0 Å². The van der Waals surface area contributed by atoms with Crippen LogP contribution in [0, 0.1) is 0 Å². The van der Waals surface area contributed by atoms with Gasteiger partial charge in [0.05, 0.1) is 14.2 Å². The number of benzene rings is 1. The zero-order valence-electron chi connectivity index (χ0n) is 13.0. The van der Waals surface area contributed by atoms with Gasteiger partial charge in [0.15, 0.2) is 17.3 Å². The third-order valence-electron chi connectivity index (χ3n) is 3.70. The van der Waals surface area contributed by atoms with Crippen molar-refractivity contribution in [2.24, 2.45) is 0 Å². The standard InChI is InChI=1S/C17H23NO3/c1-4-8-18-9-7-15(19)14(12-18)10-13-5-6-16(20-2)17(11-13)21-3/h5-6,10-11H,4,7-9,12H2,1-3H3/b14-10+. The highest BCUT2D eigenvalue weighted by Gasteiger charge is 2.20. The molecule has 0 spiro atoms. The van der Waals surface area contributed by atoms with E-state index in [4.69, 9.17) is 9.47 Å². The van der Waals surface area contributed by atoms with Gasteiger partial charge in [0.25, 0.3) is 0 Å². The summed E-state index contributed by atoms with van der Waals surface area (Å²) in [6, 6.07) is 5.71.